The van der Waals surface area contributed by atoms with Crippen LogP contribution in [0.3, 0.4) is 0 Å². The van der Waals surface area contributed by atoms with Gasteiger partial charge >= 0.3 is 0 Å². The first-order valence-electron chi connectivity index (χ1n) is 8.94. The van der Waals surface area contributed by atoms with E-state index in [2.05, 4.69) is 55.9 Å². The molecule has 5 heteroatoms. The van der Waals surface area contributed by atoms with E-state index in [1.807, 2.05) is 18.2 Å². The molecular formula is C21H20BrClN2S. The van der Waals surface area contributed by atoms with Crippen molar-refractivity contribution >= 4 is 55.6 Å². The number of thiocarbonyl (C=S) groups is 1. The summed E-state index contributed by atoms with van der Waals surface area (Å²) in [6.45, 7) is 2.86. The van der Waals surface area contributed by atoms with Crippen LogP contribution in [0.2, 0.25) is 5.02 Å². The van der Waals surface area contributed by atoms with Crippen molar-refractivity contribution in [3.8, 4) is 0 Å². The first kappa shape index (κ1) is 18.0. The topological polar surface area (TPSA) is 8.17 Å². The summed E-state index contributed by atoms with van der Waals surface area (Å²) in [6.07, 6.45) is 5.94. The van der Waals surface area contributed by atoms with Crippen LogP contribution in [0.1, 0.15) is 30.4 Å². The number of fused-ring (bicyclic) bond motifs is 1. The molecule has 134 valence electrons. The average Bonchev–Trinajstić information content (AvgIpc) is 3.01. The summed E-state index contributed by atoms with van der Waals surface area (Å²) in [5, 5.41) is 1.99. The average molecular weight is 448 g/mol. The summed E-state index contributed by atoms with van der Waals surface area (Å²) < 4.78 is 3.33. The highest BCUT2D eigenvalue weighted by atomic mass is 79.9. The zero-order valence-corrected chi connectivity index (χ0v) is 17.6. The summed E-state index contributed by atoms with van der Waals surface area (Å²) in [5.41, 5.74) is 3.44. The molecule has 0 aliphatic carbocycles. The van der Waals surface area contributed by atoms with E-state index >= 15 is 0 Å². The number of piperidine rings is 1. The molecule has 26 heavy (non-hydrogen) atoms. The molecule has 1 saturated heterocycles. The van der Waals surface area contributed by atoms with E-state index in [0.29, 0.717) is 0 Å². The monoisotopic (exact) mass is 446 g/mol. The Hall–Kier alpha value is -1.36. The van der Waals surface area contributed by atoms with Gasteiger partial charge in [0.15, 0.2) is 0 Å². The zero-order chi connectivity index (χ0) is 18.1. The smallest absolute Gasteiger partial charge is 0.111 e. The van der Waals surface area contributed by atoms with Crippen LogP contribution in [0.5, 0.6) is 0 Å². The van der Waals surface area contributed by atoms with Gasteiger partial charge in [0.25, 0.3) is 0 Å². The van der Waals surface area contributed by atoms with Gasteiger partial charge < -0.3 is 9.47 Å². The fourth-order valence-corrected chi connectivity index (χ4v) is 4.55. The molecule has 2 aromatic carbocycles. The van der Waals surface area contributed by atoms with E-state index in [1.165, 1.54) is 30.2 Å². The number of aromatic nitrogens is 1. The first-order chi connectivity index (χ1) is 12.6. The standard InChI is InChI=1S/C21H20BrClN2S/c22-16-8-9-20-17(12-16)18(21(26)24-10-4-1-5-11-24)14-25(20)13-15-6-2-3-7-19(15)23/h2-3,6-9,12,14H,1,4-5,10-11,13H2. The molecule has 3 aromatic rings. The molecule has 1 aromatic heterocycles. The van der Waals surface area contributed by atoms with Gasteiger partial charge in [0.05, 0.1) is 0 Å². The molecule has 0 atom stereocenters. The molecule has 0 saturated carbocycles. The Morgan fingerprint density at radius 2 is 1.85 bits per heavy atom. The highest BCUT2D eigenvalue weighted by molar-refractivity contribution is 9.10. The Labute approximate surface area is 172 Å². The predicted octanol–water partition coefficient (Wildman–Crippen LogP) is 6.27. The Bertz CT molecular complexity index is 960. The van der Waals surface area contributed by atoms with E-state index in [9.17, 15) is 0 Å². The summed E-state index contributed by atoms with van der Waals surface area (Å²) >= 11 is 15.9. The molecule has 1 aliphatic heterocycles. The lowest BCUT2D eigenvalue weighted by molar-refractivity contribution is 0.348. The minimum atomic E-state index is 0.737. The third-order valence-electron chi connectivity index (χ3n) is 5.02. The molecular weight excluding hydrogens is 428 g/mol. The minimum absolute atomic E-state index is 0.737. The van der Waals surface area contributed by atoms with Crippen molar-refractivity contribution in [3.05, 3.63) is 69.3 Å². The van der Waals surface area contributed by atoms with Crippen LogP contribution in [-0.2, 0) is 6.54 Å². The van der Waals surface area contributed by atoms with Gasteiger partial charge in [-0.05, 0) is 49.1 Å². The second kappa shape index (κ2) is 7.71. The Morgan fingerprint density at radius 1 is 1.08 bits per heavy atom. The highest BCUT2D eigenvalue weighted by Gasteiger charge is 2.19. The third kappa shape index (κ3) is 3.55. The summed E-state index contributed by atoms with van der Waals surface area (Å²) in [7, 11) is 0. The van der Waals surface area contributed by atoms with Crippen molar-refractivity contribution < 1.29 is 0 Å². The normalized spacial score (nSPS) is 14.8. The van der Waals surface area contributed by atoms with E-state index in [-0.39, 0.29) is 0 Å². The van der Waals surface area contributed by atoms with Gasteiger partial charge in [0.2, 0.25) is 0 Å². The van der Waals surface area contributed by atoms with Crippen LogP contribution in [-0.4, -0.2) is 27.5 Å². The fourth-order valence-electron chi connectivity index (χ4n) is 3.65. The second-order valence-electron chi connectivity index (χ2n) is 6.78. The Morgan fingerprint density at radius 3 is 2.62 bits per heavy atom. The van der Waals surface area contributed by atoms with E-state index in [0.717, 1.165) is 45.2 Å². The number of rotatable bonds is 3. The molecule has 2 heterocycles. The number of nitrogens with zero attached hydrogens (tertiary/aromatic N) is 2. The lowest BCUT2D eigenvalue weighted by Crippen LogP contribution is -2.34. The maximum absolute atomic E-state index is 6.39. The molecule has 0 amide bonds. The maximum atomic E-state index is 6.39. The maximum Gasteiger partial charge on any atom is 0.111 e. The van der Waals surface area contributed by atoms with Crippen LogP contribution in [0.25, 0.3) is 10.9 Å². The lowest BCUT2D eigenvalue weighted by Gasteiger charge is -2.29. The van der Waals surface area contributed by atoms with Crippen LogP contribution in [0.15, 0.2) is 53.1 Å². The third-order valence-corrected chi connectivity index (χ3v) is 6.36. The summed E-state index contributed by atoms with van der Waals surface area (Å²) in [6, 6.07) is 14.4. The molecule has 0 spiro atoms. The van der Waals surface area contributed by atoms with Gasteiger partial charge in [-0.3, -0.25) is 0 Å². The lowest BCUT2D eigenvalue weighted by atomic mass is 10.1. The predicted molar refractivity (Wildman–Crippen MR) is 117 cm³/mol. The van der Waals surface area contributed by atoms with Crippen molar-refractivity contribution in [3.63, 3.8) is 0 Å². The van der Waals surface area contributed by atoms with Crippen LogP contribution in [0.4, 0.5) is 0 Å². The minimum Gasteiger partial charge on any atom is -0.362 e. The molecule has 1 aliphatic rings. The van der Waals surface area contributed by atoms with E-state index < -0.39 is 0 Å². The quantitative estimate of drug-likeness (QED) is 0.437. The summed E-state index contributed by atoms with van der Waals surface area (Å²) in [4.78, 5) is 3.32. The molecule has 0 radical (unpaired) electrons. The summed E-state index contributed by atoms with van der Waals surface area (Å²) in [5.74, 6) is 0. The van der Waals surface area contributed by atoms with Crippen LogP contribution >= 0.6 is 39.7 Å². The van der Waals surface area contributed by atoms with Gasteiger partial charge in [0.1, 0.15) is 4.99 Å². The molecule has 2 nitrogen and oxygen atoms in total. The van der Waals surface area contributed by atoms with Gasteiger partial charge in [-0.15, -0.1) is 0 Å². The molecule has 0 bridgehead atoms. The Kier molecular flexibility index (Phi) is 5.35. The van der Waals surface area contributed by atoms with E-state index in [4.69, 9.17) is 23.8 Å². The Balaban J connectivity index is 1.77. The van der Waals surface area contributed by atoms with Gasteiger partial charge in [-0.2, -0.15) is 0 Å². The van der Waals surface area contributed by atoms with Crippen LogP contribution in [0, 0.1) is 0 Å². The van der Waals surface area contributed by atoms with Gasteiger partial charge in [0, 0.05) is 51.8 Å². The number of benzene rings is 2. The van der Waals surface area contributed by atoms with Gasteiger partial charge in [-0.25, -0.2) is 0 Å². The van der Waals surface area contributed by atoms with E-state index in [1.54, 1.807) is 0 Å². The van der Waals surface area contributed by atoms with Crippen molar-refractivity contribution in [1.82, 2.24) is 9.47 Å². The van der Waals surface area contributed by atoms with Gasteiger partial charge in [-0.1, -0.05) is 57.9 Å². The van der Waals surface area contributed by atoms with Crippen molar-refractivity contribution in [2.45, 2.75) is 25.8 Å². The largest absolute Gasteiger partial charge is 0.362 e. The SMILES string of the molecule is S=C(c1cn(Cc2ccccc2Cl)c2ccc(Br)cc12)N1CCCCC1. The number of hydrogen-bond acceptors (Lipinski definition) is 1. The molecule has 0 N–H and O–H groups in total. The fraction of sp³-hybridized carbons (Fsp3) is 0.286. The number of likely N-dealkylation sites (tertiary alicyclic amines) is 1. The highest BCUT2D eigenvalue weighted by Crippen LogP contribution is 2.29. The second-order valence-corrected chi connectivity index (χ2v) is 8.49. The van der Waals surface area contributed by atoms with Crippen LogP contribution < -0.4 is 0 Å². The number of halogens is 2. The molecule has 4 rings (SSSR count). The van der Waals surface area contributed by atoms with Crippen molar-refractivity contribution in [2.24, 2.45) is 0 Å². The van der Waals surface area contributed by atoms with Crippen molar-refractivity contribution in [1.29, 1.82) is 0 Å². The molecule has 0 unspecified atom stereocenters. The first-order valence-corrected chi connectivity index (χ1v) is 10.5. The number of hydrogen-bond donors (Lipinski definition) is 0. The van der Waals surface area contributed by atoms with Crippen molar-refractivity contribution in [2.75, 3.05) is 13.1 Å². The zero-order valence-electron chi connectivity index (χ0n) is 14.4. The molecule has 1 fully saturated rings.